The average molecular weight is 885 g/mol. The summed E-state index contributed by atoms with van der Waals surface area (Å²) in [5.74, 6) is -1.50. The van der Waals surface area contributed by atoms with Gasteiger partial charge in [-0.2, -0.15) is 0 Å². The van der Waals surface area contributed by atoms with Gasteiger partial charge in [0.2, 0.25) is 0 Å². The van der Waals surface area contributed by atoms with Crippen molar-refractivity contribution < 1.29 is 44.9 Å². The minimum absolute atomic E-state index is 0.127. The average Bonchev–Trinajstić information content (AvgIpc) is 3.07. The van der Waals surface area contributed by atoms with Gasteiger partial charge in [-0.05, 0) is 26.2 Å². The smallest absolute Gasteiger partial charge is 0.344 e. The summed E-state index contributed by atoms with van der Waals surface area (Å²) in [5.41, 5.74) is 0. The third-order valence-corrected chi connectivity index (χ3v) is 8.98. The predicted octanol–water partition coefficient (Wildman–Crippen LogP) is 3.88. The molecule has 0 N–H and O–H groups in total. The van der Waals surface area contributed by atoms with E-state index in [4.69, 9.17) is 9.47 Å². The maximum Gasteiger partial charge on any atom is 0.344 e. The molecule has 1 aliphatic rings. The lowest BCUT2D eigenvalue weighted by Crippen LogP contribution is -2.48. The fourth-order valence-electron chi connectivity index (χ4n) is 5.56. The zero-order valence-corrected chi connectivity index (χ0v) is 32.2. The molecule has 0 heterocycles. The number of nitrogens with zero attached hydrogens (tertiary/aromatic N) is 4. The SMILES string of the molecule is CCC(C)N(CCN(CCC(=O)OOI)CCC(=O)OOI)CCN(CCN(CCC(=O)OC)CCC(=O)OC)C1CCCCC1. The van der Waals surface area contributed by atoms with Gasteiger partial charge in [0.25, 0.3) is 0 Å². The highest BCUT2D eigenvalue weighted by atomic mass is 127. The topological polar surface area (TPSA) is 137 Å². The first-order chi connectivity index (χ1) is 22.2. The first kappa shape index (κ1) is 43.1. The highest BCUT2D eigenvalue weighted by Gasteiger charge is 2.24. The van der Waals surface area contributed by atoms with Crippen molar-refractivity contribution in [1.29, 1.82) is 0 Å². The van der Waals surface area contributed by atoms with E-state index in [-0.39, 0.29) is 37.6 Å². The zero-order chi connectivity index (χ0) is 34.2. The van der Waals surface area contributed by atoms with Gasteiger partial charge in [0.05, 0.1) is 39.9 Å². The lowest BCUT2D eigenvalue weighted by Gasteiger charge is -2.38. The molecule has 1 rings (SSSR count). The largest absolute Gasteiger partial charge is 0.469 e. The van der Waals surface area contributed by atoms with Crippen LogP contribution >= 0.6 is 46.0 Å². The quantitative estimate of drug-likeness (QED) is 0.0538. The third-order valence-electron chi connectivity index (χ3n) is 8.62. The summed E-state index contributed by atoms with van der Waals surface area (Å²) in [6.45, 7) is 11.0. The molecule has 1 unspecified atom stereocenters. The number of carbonyl (C=O) groups excluding carboxylic acids is 4. The van der Waals surface area contributed by atoms with Crippen molar-refractivity contribution in [3.05, 3.63) is 0 Å². The van der Waals surface area contributed by atoms with Gasteiger partial charge < -0.3 is 19.3 Å². The van der Waals surface area contributed by atoms with Crippen molar-refractivity contribution in [2.24, 2.45) is 0 Å². The van der Waals surface area contributed by atoms with Gasteiger partial charge in [0, 0.05) is 77.5 Å². The van der Waals surface area contributed by atoms with Crippen LogP contribution in [0.2, 0.25) is 0 Å². The monoisotopic (exact) mass is 884 g/mol. The lowest BCUT2D eigenvalue weighted by molar-refractivity contribution is -0.196. The summed E-state index contributed by atoms with van der Waals surface area (Å²) in [5, 5.41) is 0. The molecule has 268 valence electrons. The highest BCUT2D eigenvalue weighted by molar-refractivity contribution is 14.1. The molecule has 1 aliphatic carbocycles. The van der Waals surface area contributed by atoms with Gasteiger partial charge >= 0.3 is 23.9 Å². The molecular formula is C30H54I2N4O10. The number of rotatable bonds is 26. The Morgan fingerprint density at radius 3 is 1.48 bits per heavy atom. The number of ether oxygens (including phenoxy) is 2. The second-order valence-corrected chi connectivity index (χ2v) is 12.2. The Kier molecular flexibility index (Phi) is 25.3. The van der Waals surface area contributed by atoms with Gasteiger partial charge in [0.15, 0.2) is 46.0 Å². The molecule has 14 nitrogen and oxygen atoms in total. The molecule has 0 amide bonds. The van der Waals surface area contributed by atoms with Gasteiger partial charge in [0.1, 0.15) is 0 Å². The number of carbonyl (C=O) groups is 4. The van der Waals surface area contributed by atoms with Crippen LogP contribution in [0.1, 0.15) is 78.1 Å². The van der Waals surface area contributed by atoms with Crippen LogP contribution in [0.5, 0.6) is 0 Å². The number of hydrogen-bond acceptors (Lipinski definition) is 14. The van der Waals surface area contributed by atoms with E-state index in [0.717, 1.165) is 52.0 Å². The molecule has 46 heavy (non-hydrogen) atoms. The Morgan fingerprint density at radius 2 is 1.04 bits per heavy atom. The molecule has 0 spiro atoms. The molecular weight excluding hydrogens is 830 g/mol. The van der Waals surface area contributed by atoms with Crippen LogP contribution < -0.4 is 0 Å². The summed E-state index contributed by atoms with van der Waals surface area (Å²) in [7, 11) is 2.77. The van der Waals surface area contributed by atoms with Crippen LogP contribution in [-0.2, 0) is 44.9 Å². The minimum Gasteiger partial charge on any atom is -0.469 e. The van der Waals surface area contributed by atoms with Gasteiger partial charge in [-0.15, -0.1) is 6.43 Å². The van der Waals surface area contributed by atoms with Crippen LogP contribution in [0, 0.1) is 0 Å². The molecule has 1 saturated carbocycles. The molecule has 1 fully saturated rings. The van der Waals surface area contributed by atoms with E-state index in [1.54, 1.807) is 0 Å². The van der Waals surface area contributed by atoms with E-state index in [2.05, 4.69) is 49.7 Å². The number of halogens is 2. The fourth-order valence-corrected chi connectivity index (χ4v) is 5.96. The van der Waals surface area contributed by atoms with Crippen molar-refractivity contribution >= 4 is 69.9 Å². The Hall–Kier alpha value is -0.900. The second kappa shape index (κ2) is 27.0. The first-order valence-electron chi connectivity index (χ1n) is 16.2. The molecule has 0 aromatic heterocycles. The summed E-state index contributed by atoms with van der Waals surface area (Å²) >= 11 is 3.01. The van der Waals surface area contributed by atoms with E-state index in [0.29, 0.717) is 44.8 Å². The van der Waals surface area contributed by atoms with Crippen molar-refractivity contribution in [2.45, 2.75) is 90.1 Å². The van der Waals surface area contributed by atoms with Crippen LogP contribution in [-0.4, -0.2) is 135 Å². The van der Waals surface area contributed by atoms with E-state index >= 15 is 0 Å². The lowest BCUT2D eigenvalue weighted by atomic mass is 9.94. The van der Waals surface area contributed by atoms with E-state index in [9.17, 15) is 19.2 Å². The predicted molar refractivity (Wildman–Crippen MR) is 188 cm³/mol. The summed E-state index contributed by atoms with van der Waals surface area (Å²) < 4.78 is 18.6. The molecule has 0 aromatic carbocycles. The van der Waals surface area contributed by atoms with E-state index in [1.807, 2.05) is 0 Å². The standard InChI is InChI=1S/C30H54I2N4O10/c1-5-25(2)35(21-19-34(17-13-29(39)43-45-31)18-14-30(40)44-46-32)23-24-36(26-9-7-6-8-10-26)22-20-33(15-11-27(37)41-3)16-12-28(38)42-4/h25-26H,5-24H2,1-4H3. The van der Waals surface area contributed by atoms with Crippen LogP contribution in [0.4, 0.5) is 0 Å². The van der Waals surface area contributed by atoms with Gasteiger partial charge in [-0.1, -0.05) is 26.2 Å². The second-order valence-electron chi connectivity index (χ2n) is 11.5. The Labute approximate surface area is 302 Å². The molecule has 0 aromatic rings. The van der Waals surface area contributed by atoms with Crippen molar-refractivity contribution in [2.75, 3.05) is 79.7 Å². The Morgan fingerprint density at radius 1 is 0.630 bits per heavy atom. The molecule has 1 atom stereocenters. The number of hydrogen-bond donors (Lipinski definition) is 0. The van der Waals surface area contributed by atoms with Crippen molar-refractivity contribution in [3.8, 4) is 0 Å². The maximum atomic E-state index is 11.9. The van der Waals surface area contributed by atoms with Crippen LogP contribution in [0.25, 0.3) is 0 Å². The zero-order valence-electron chi connectivity index (χ0n) is 27.9. The van der Waals surface area contributed by atoms with Crippen molar-refractivity contribution in [3.63, 3.8) is 0 Å². The van der Waals surface area contributed by atoms with Crippen LogP contribution in [0.3, 0.4) is 0 Å². The Balaban J connectivity index is 2.94. The Bertz CT molecular complexity index is 828. The molecule has 0 aliphatic heterocycles. The van der Waals surface area contributed by atoms with Gasteiger partial charge in [-0.3, -0.25) is 29.2 Å². The first-order valence-corrected chi connectivity index (χ1v) is 18.0. The molecule has 16 heteroatoms. The van der Waals surface area contributed by atoms with Crippen LogP contribution in [0.15, 0.2) is 0 Å². The minimum atomic E-state index is -0.480. The fraction of sp³-hybridized carbons (Fsp3) is 0.867. The molecule has 0 radical (unpaired) electrons. The maximum absolute atomic E-state index is 11.9. The summed E-state index contributed by atoms with van der Waals surface area (Å²) in [6, 6.07) is 0.825. The summed E-state index contributed by atoms with van der Waals surface area (Å²) in [4.78, 5) is 66.1. The van der Waals surface area contributed by atoms with E-state index < -0.39 is 11.9 Å². The molecule has 0 saturated heterocycles. The van der Waals surface area contributed by atoms with Crippen molar-refractivity contribution in [1.82, 2.24) is 19.6 Å². The molecule has 0 bridgehead atoms. The number of esters is 2. The normalized spacial score (nSPS) is 14.6. The number of methoxy groups -OCH3 is 2. The third kappa shape index (κ3) is 19.8. The van der Waals surface area contributed by atoms with Gasteiger partial charge in [-0.25, -0.2) is 9.59 Å². The van der Waals surface area contributed by atoms with E-state index in [1.165, 1.54) is 79.5 Å². The highest BCUT2D eigenvalue weighted by Crippen LogP contribution is 2.23. The summed E-state index contributed by atoms with van der Waals surface area (Å²) in [6.07, 6.45) is 7.80.